The largest absolute Gasteiger partial charge is 0.463 e. The molecule has 0 aliphatic heterocycles. The quantitative estimate of drug-likeness (QED) is 0.0911. The third-order valence-corrected chi connectivity index (χ3v) is 4.36. The second-order valence-electron chi connectivity index (χ2n) is 8.70. The molecular weight excluding hydrogens is 392 g/mol. The molecule has 0 aromatic rings. The van der Waals surface area contributed by atoms with Gasteiger partial charge in [0.25, 0.3) is 0 Å². The lowest BCUT2D eigenvalue weighted by Gasteiger charge is -2.32. The maximum atomic E-state index is 12.3. The molecule has 0 amide bonds. The lowest BCUT2D eigenvalue weighted by Crippen LogP contribution is -2.32. The minimum absolute atomic E-state index is 0.0185. The van der Waals surface area contributed by atoms with E-state index in [4.69, 9.17) is 24.0 Å². The molecule has 0 N–H and O–H groups in total. The summed E-state index contributed by atoms with van der Waals surface area (Å²) in [6.07, 6.45) is 1.43. The van der Waals surface area contributed by atoms with Crippen LogP contribution in [0, 0.1) is 10.8 Å². The van der Waals surface area contributed by atoms with E-state index in [0.29, 0.717) is 6.42 Å². The fourth-order valence-electron chi connectivity index (χ4n) is 2.62. The molecule has 0 aliphatic rings. The molecule has 0 heterocycles. The van der Waals surface area contributed by atoms with Crippen LogP contribution in [0.25, 0.3) is 0 Å². The molecule has 0 rings (SSSR count). The van der Waals surface area contributed by atoms with Crippen LogP contribution in [0.1, 0.15) is 67.2 Å². The van der Waals surface area contributed by atoms with Crippen LogP contribution in [0.3, 0.4) is 0 Å². The van der Waals surface area contributed by atoms with Crippen LogP contribution in [0.5, 0.6) is 0 Å². The molecule has 0 atom stereocenters. The Kier molecular flexibility index (Phi) is 13.2. The van der Waals surface area contributed by atoms with Gasteiger partial charge in [0.1, 0.15) is 33.0 Å². The summed E-state index contributed by atoms with van der Waals surface area (Å²) in [5.41, 5.74) is 0.226. The second kappa shape index (κ2) is 14.1. The molecule has 0 saturated carbocycles. The smallest absolute Gasteiger partial charge is 0.311 e. The van der Waals surface area contributed by atoms with Gasteiger partial charge in [-0.2, -0.15) is 0 Å². The maximum Gasteiger partial charge on any atom is 0.311 e. The summed E-state index contributed by atoms with van der Waals surface area (Å²) < 4.78 is 15.1. The fraction of sp³-hybridized carbons (Fsp3) is 0.773. The third kappa shape index (κ3) is 14.1. The average molecular weight is 431 g/mol. The van der Waals surface area contributed by atoms with E-state index in [1.807, 2.05) is 13.8 Å². The first-order chi connectivity index (χ1) is 13.9. The van der Waals surface area contributed by atoms with E-state index in [1.165, 1.54) is 0 Å². The van der Waals surface area contributed by atoms with Gasteiger partial charge in [0.15, 0.2) is 0 Å². The van der Waals surface area contributed by atoms with Crippen LogP contribution >= 0.6 is 0 Å². The van der Waals surface area contributed by atoms with Gasteiger partial charge in [-0.05, 0) is 32.6 Å². The summed E-state index contributed by atoms with van der Waals surface area (Å²) in [6.45, 7) is 15.7. The first kappa shape index (κ1) is 28.1. The number of esters is 3. The Morgan fingerprint density at radius 3 is 1.80 bits per heavy atom. The summed E-state index contributed by atoms with van der Waals surface area (Å²) in [5.74, 6) is -1.42. The Bertz CT molecular complexity index is 565. The van der Waals surface area contributed by atoms with E-state index < -0.39 is 17.4 Å². The van der Waals surface area contributed by atoms with Crippen molar-refractivity contribution < 1.29 is 38.4 Å². The van der Waals surface area contributed by atoms with Crippen LogP contribution in [0.2, 0.25) is 0 Å². The minimum atomic E-state index is -0.619. The van der Waals surface area contributed by atoms with Gasteiger partial charge in [-0.3, -0.25) is 14.4 Å². The standard InChI is InChI=1S/C22H38O8/c1-8-21(4,5)16-22(6,7)20(25)28-12-11-26-18(23)9-10-19(24)27-13-14-29-30-15-17(2)3/h2,8-16H2,1,3-7H3. The molecular formula is C22H38O8. The first-order valence-corrected chi connectivity index (χ1v) is 10.3. The molecule has 8 heteroatoms. The summed E-state index contributed by atoms with van der Waals surface area (Å²) in [7, 11) is 0. The normalized spacial score (nSPS) is 11.7. The minimum Gasteiger partial charge on any atom is -0.463 e. The fourth-order valence-corrected chi connectivity index (χ4v) is 2.62. The zero-order valence-corrected chi connectivity index (χ0v) is 19.3. The summed E-state index contributed by atoms with van der Waals surface area (Å²) in [4.78, 5) is 45.1. The van der Waals surface area contributed by atoms with E-state index in [0.717, 1.165) is 12.0 Å². The van der Waals surface area contributed by atoms with Crippen molar-refractivity contribution >= 4 is 17.9 Å². The van der Waals surface area contributed by atoms with Crippen LogP contribution in [0.15, 0.2) is 12.2 Å². The van der Waals surface area contributed by atoms with Crippen molar-refractivity contribution in [3.63, 3.8) is 0 Å². The molecule has 174 valence electrons. The van der Waals surface area contributed by atoms with E-state index in [2.05, 4.69) is 27.4 Å². The molecule has 0 unspecified atom stereocenters. The molecule has 0 aliphatic carbocycles. The predicted molar refractivity (Wildman–Crippen MR) is 111 cm³/mol. The molecule has 0 saturated heterocycles. The second-order valence-corrected chi connectivity index (χ2v) is 8.70. The number of carbonyl (C=O) groups is 3. The highest BCUT2D eigenvalue weighted by atomic mass is 17.2. The molecule has 0 fully saturated rings. The van der Waals surface area contributed by atoms with Gasteiger partial charge < -0.3 is 14.2 Å². The Hall–Kier alpha value is -1.93. The lowest BCUT2D eigenvalue weighted by atomic mass is 9.74. The monoisotopic (exact) mass is 430 g/mol. The molecule has 0 spiro atoms. The summed E-state index contributed by atoms with van der Waals surface area (Å²) >= 11 is 0. The molecule has 0 aromatic heterocycles. The van der Waals surface area contributed by atoms with Crippen molar-refractivity contribution in [1.82, 2.24) is 0 Å². The molecule has 30 heavy (non-hydrogen) atoms. The van der Waals surface area contributed by atoms with Gasteiger partial charge >= 0.3 is 17.9 Å². The molecule has 0 bridgehead atoms. The number of hydrogen-bond acceptors (Lipinski definition) is 8. The Balaban J connectivity index is 3.88. The Labute approximate surface area is 180 Å². The van der Waals surface area contributed by atoms with Crippen LogP contribution < -0.4 is 0 Å². The van der Waals surface area contributed by atoms with E-state index in [-0.39, 0.29) is 57.3 Å². The molecule has 8 nitrogen and oxygen atoms in total. The van der Waals surface area contributed by atoms with Gasteiger partial charge in [-0.1, -0.05) is 39.3 Å². The zero-order valence-electron chi connectivity index (χ0n) is 19.3. The number of carbonyl (C=O) groups excluding carboxylic acids is 3. The summed E-state index contributed by atoms with van der Waals surface area (Å²) in [6, 6.07) is 0. The van der Waals surface area contributed by atoms with E-state index in [1.54, 1.807) is 6.92 Å². The topological polar surface area (TPSA) is 97.4 Å². The van der Waals surface area contributed by atoms with Gasteiger partial charge in [-0.15, -0.1) is 0 Å². The summed E-state index contributed by atoms with van der Waals surface area (Å²) in [5, 5.41) is 0. The highest BCUT2D eigenvalue weighted by Crippen LogP contribution is 2.36. The van der Waals surface area contributed by atoms with Crippen LogP contribution in [0.4, 0.5) is 0 Å². The highest BCUT2D eigenvalue weighted by molar-refractivity contribution is 5.77. The zero-order chi connectivity index (χ0) is 23.2. The van der Waals surface area contributed by atoms with Crippen LogP contribution in [-0.4, -0.2) is 50.9 Å². The Morgan fingerprint density at radius 1 is 0.800 bits per heavy atom. The third-order valence-electron chi connectivity index (χ3n) is 4.36. The average Bonchev–Trinajstić information content (AvgIpc) is 2.65. The lowest BCUT2D eigenvalue weighted by molar-refractivity contribution is -0.291. The highest BCUT2D eigenvalue weighted by Gasteiger charge is 2.35. The molecule has 0 radical (unpaired) electrons. The van der Waals surface area contributed by atoms with Crippen LogP contribution in [-0.2, 0) is 38.4 Å². The van der Waals surface area contributed by atoms with Crippen molar-refractivity contribution in [3.05, 3.63) is 12.2 Å². The van der Waals surface area contributed by atoms with Gasteiger partial charge in [-0.25, -0.2) is 9.78 Å². The number of ether oxygens (including phenoxy) is 3. The maximum absolute atomic E-state index is 12.3. The van der Waals surface area contributed by atoms with Crippen molar-refractivity contribution in [2.75, 3.05) is 33.0 Å². The van der Waals surface area contributed by atoms with Gasteiger partial charge in [0, 0.05) is 0 Å². The first-order valence-electron chi connectivity index (χ1n) is 10.3. The van der Waals surface area contributed by atoms with Crippen molar-refractivity contribution in [2.45, 2.75) is 67.2 Å². The van der Waals surface area contributed by atoms with Gasteiger partial charge in [0.05, 0.1) is 18.3 Å². The Morgan fingerprint density at radius 2 is 1.30 bits per heavy atom. The predicted octanol–water partition coefficient (Wildman–Crippen LogP) is 3.77. The van der Waals surface area contributed by atoms with Crippen molar-refractivity contribution in [2.24, 2.45) is 10.8 Å². The molecule has 0 aromatic carbocycles. The van der Waals surface area contributed by atoms with Gasteiger partial charge in [0.2, 0.25) is 0 Å². The SMILES string of the molecule is C=C(C)COOCCOC(=O)CCC(=O)OCCOC(=O)C(C)(C)CC(C)(C)CC. The number of rotatable bonds is 16. The van der Waals surface area contributed by atoms with E-state index >= 15 is 0 Å². The van der Waals surface area contributed by atoms with Crippen molar-refractivity contribution in [1.29, 1.82) is 0 Å². The van der Waals surface area contributed by atoms with Crippen molar-refractivity contribution in [3.8, 4) is 0 Å². The number of hydrogen-bond donors (Lipinski definition) is 0. The van der Waals surface area contributed by atoms with E-state index in [9.17, 15) is 14.4 Å².